The number of amides is 1. The molecule has 0 unspecified atom stereocenters. The first-order chi connectivity index (χ1) is 11.8. The summed E-state index contributed by atoms with van der Waals surface area (Å²) < 4.78 is 22.8. The van der Waals surface area contributed by atoms with Crippen LogP contribution >= 0.6 is 11.6 Å². The fraction of sp³-hybridized carbons (Fsp3) is 0.353. The van der Waals surface area contributed by atoms with Gasteiger partial charge in [0.05, 0.1) is 23.2 Å². The summed E-state index contributed by atoms with van der Waals surface area (Å²) in [5.41, 5.74) is 4.91. The highest BCUT2D eigenvalue weighted by Crippen LogP contribution is 2.22. The molecule has 0 bridgehead atoms. The molecule has 0 radical (unpaired) electrons. The van der Waals surface area contributed by atoms with Gasteiger partial charge in [-0.15, -0.1) is 0 Å². The standard InChI is InChI=1S/C17H18ClN3O3S/c1-11-2-3-13-8-14(17(18)20-15(13)6-11)9-19-21-16(22)7-12-4-5-25(23,24)10-12/h2-3,6,8-9,12H,4-5,7,10H2,1H3,(H,21,22)/b19-9-/t12-/m0/s1. The topological polar surface area (TPSA) is 88.5 Å². The third-order valence-electron chi connectivity index (χ3n) is 4.15. The van der Waals surface area contributed by atoms with Crippen LogP contribution in [0.15, 0.2) is 29.4 Å². The third-order valence-corrected chi connectivity index (χ3v) is 6.29. The number of aryl methyl sites for hydroxylation is 1. The quantitative estimate of drug-likeness (QED) is 0.502. The van der Waals surface area contributed by atoms with E-state index in [0.29, 0.717) is 17.1 Å². The Labute approximate surface area is 151 Å². The van der Waals surface area contributed by atoms with Crippen LogP contribution in [0.3, 0.4) is 0 Å². The highest BCUT2D eigenvalue weighted by atomic mass is 35.5. The fourth-order valence-corrected chi connectivity index (χ4v) is 4.93. The van der Waals surface area contributed by atoms with Crippen LogP contribution < -0.4 is 5.43 Å². The normalized spacial score (nSPS) is 19.5. The molecule has 0 aliphatic carbocycles. The van der Waals surface area contributed by atoms with Gasteiger partial charge in [0.1, 0.15) is 5.15 Å². The van der Waals surface area contributed by atoms with Crippen LogP contribution in [-0.4, -0.2) is 37.0 Å². The molecule has 1 fully saturated rings. The summed E-state index contributed by atoms with van der Waals surface area (Å²) in [7, 11) is -2.98. The molecule has 1 saturated heterocycles. The maximum Gasteiger partial charge on any atom is 0.240 e. The summed E-state index contributed by atoms with van der Waals surface area (Å²) in [6.07, 6.45) is 2.12. The zero-order chi connectivity index (χ0) is 18.0. The van der Waals surface area contributed by atoms with Crippen molar-refractivity contribution < 1.29 is 13.2 Å². The van der Waals surface area contributed by atoms with E-state index in [4.69, 9.17) is 11.6 Å². The number of hydrogen-bond donors (Lipinski definition) is 1. The number of benzene rings is 1. The van der Waals surface area contributed by atoms with Crippen LogP contribution in [0.5, 0.6) is 0 Å². The van der Waals surface area contributed by atoms with E-state index in [2.05, 4.69) is 15.5 Å². The number of pyridine rings is 1. The predicted octanol–water partition coefficient (Wildman–Crippen LogP) is 2.47. The molecule has 25 heavy (non-hydrogen) atoms. The number of nitrogens with zero attached hydrogens (tertiary/aromatic N) is 2. The van der Waals surface area contributed by atoms with Gasteiger partial charge in [-0.25, -0.2) is 18.8 Å². The van der Waals surface area contributed by atoms with Gasteiger partial charge in [0, 0.05) is 17.4 Å². The van der Waals surface area contributed by atoms with Crippen molar-refractivity contribution in [1.29, 1.82) is 0 Å². The second-order valence-corrected chi connectivity index (χ2v) is 8.92. The van der Waals surface area contributed by atoms with Gasteiger partial charge in [0.15, 0.2) is 9.84 Å². The Kier molecular flexibility index (Phi) is 5.06. The second-order valence-electron chi connectivity index (χ2n) is 6.33. The van der Waals surface area contributed by atoms with Gasteiger partial charge in [-0.3, -0.25) is 4.79 Å². The van der Waals surface area contributed by atoms with Crippen molar-refractivity contribution >= 4 is 44.5 Å². The summed E-state index contributed by atoms with van der Waals surface area (Å²) in [6, 6.07) is 7.73. The summed E-state index contributed by atoms with van der Waals surface area (Å²) in [5, 5.41) is 5.14. The number of carbonyl (C=O) groups is 1. The Morgan fingerprint density at radius 1 is 1.44 bits per heavy atom. The molecule has 1 amide bonds. The van der Waals surface area contributed by atoms with Gasteiger partial charge in [-0.2, -0.15) is 5.10 Å². The number of sulfone groups is 1. The van der Waals surface area contributed by atoms with Crippen LogP contribution in [0.4, 0.5) is 0 Å². The number of carbonyl (C=O) groups excluding carboxylic acids is 1. The van der Waals surface area contributed by atoms with Crippen molar-refractivity contribution in [2.75, 3.05) is 11.5 Å². The highest BCUT2D eigenvalue weighted by molar-refractivity contribution is 7.91. The number of fused-ring (bicyclic) bond motifs is 1. The Bertz CT molecular complexity index is 957. The van der Waals surface area contributed by atoms with E-state index in [1.54, 1.807) is 0 Å². The molecule has 1 aliphatic rings. The molecule has 0 spiro atoms. The second kappa shape index (κ2) is 7.09. The average Bonchev–Trinajstić information content (AvgIpc) is 2.86. The van der Waals surface area contributed by atoms with Gasteiger partial charge in [0.2, 0.25) is 5.91 Å². The minimum Gasteiger partial charge on any atom is -0.273 e. The first-order valence-electron chi connectivity index (χ1n) is 7.92. The summed E-state index contributed by atoms with van der Waals surface area (Å²) in [4.78, 5) is 16.2. The van der Waals surface area contributed by atoms with Crippen molar-refractivity contribution in [2.45, 2.75) is 19.8 Å². The van der Waals surface area contributed by atoms with Gasteiger partial charge >= 0.3 is 0 Å². The molecular formula is C17H18ClN3O3S. The molecule has 2 heterocycles. The number of hydrogen-bond acceptors (Lipinski definition) is 5. The lowest BCUT2D eigenvalue weighted by Gasteiger charge is -2.06. The van der Waals surface area contributed by atoms with Crippen LogP contribution in [0.2, 0.25) is 5.15 Å². The lowest BCUT2D eigenvalue weighted by molar-refractivity contribution is -0.121. The van der Waals surface area contributed by atoms with E-state index in [1.807, 2.05) is 31.2 Å². The molecular weight excluding hydrogens is 362 g/mol. The van der Waals surface area contributed by atoms with Crippen LogP contribution in [-0.2, 0) is 14.6 Å². The minimum absolute atomic E-state index is 0.0734. The Morgan fingerprint density at radius 2 is 2.24 bits per heavy atom. The minimum atomic E-state index is -2.98. The zero-order valence-electron chi connectivity index (χ0n) is 13.7. The predicted molar refractivity (Wildman–Crippen MR) is 98.6 cm³/mol. The number of hydrazone groups is 1. The number of nitrogens with one attached hydrogen (secondary N) is 1. The molecule has 1 aromatic heterocycles. The SMILES string of the molecule is Cc1ccc2cc(/C=N\NC(=O)C[C@@H]3CCS(=O)(=O)C3)c(Cl)nc2c1. The molecule has 1 N–H and O–H groups in total. The smallest absolute Gasteiger partial charge is 0.240 e. The maximum atomic E-state index is 11.9. The molecule has 2 aromatic rings. The largest absolute Gasteiger partial charge is 0.273 e. The monoisotopic (exact) mass is 379 g/mol. The van der Waals surface area contributed by atoms with Gasteiger partial charge in [-0.1, -0.05) is 23.7 Å². The maximum absolute atomic E-state index is 11.9. The van der Waals surface area contributed by atoms with Crippen molar-refractivity contribution in [3.63, 3.8) is 0 Å². The summed E-state index contributed by atoms with van der Waals surface area (Å²) in [5.74, 6) is -0.205. The molecule has 8 heteroatoms. The average molecular weight is 380 g/mol. The molecule has 132 valence electrons. The van der Waals surface area contributed by atoms with Crippen LogP contribution in [0.25, 0.3) is 10.9 Å². The van der Waals surface area contributed by atoms with Crippen molar-refractivity contribution in [1.82, 2.24) is 10.4 Å². The van der Waals surface area contributed by atoms with Crippen LogP contribution in [0.1, 0.15) is 24.0 Å². The van der Waals surface area contributed by atoms with E-state index >= 15 is 0 Å². The molecule has 1 aliphatic heterocycles. The van der Waals surface area contributed by atoms with Gasteiger partial charge < -0.3 is 0 Å². The van der Waals surface area contributed by atoms with E-state index in [-0.39, 0.29) is 29.8 Å². The first kappa shape index (κ1) is 17.8. The fourth-order valence-electron chi connectivity index (χ4n) is 2.88. The summed E-state index contributed by atoms with van der Waals surface area (Å²) >= 11 is 6.16. The Morgan fingerprint density at radius 3 is 2.96 bits per heavy atom. The van der Waals surface area contributed by atoms with E-state index in [0.717, 1.165) is 16.5 Å². The van der Waals surface area contributed by atoms with Crippen molar-refractivity contribution in [2.24, 2.45) is 11.0 Å². The van der Waals surface area contributed by atoms with Gasteiger partial charge in [0.25, 0.3) is 0 Å². The lowest BCUT2D eigenvalue weighted by atomic mass is 10.1. The van der Waals surface area contributed by atoms with Gasteiger partial charge in [-0.05, 0) is 37.0 Å². The third kappa shape index (κ3) is 4.55. The summed E-state index contributed by atoms with van der Waals surface area (Å²) in [6.45, 7) is 1.98. The molecule has 0 saturated carbocycles. The van der Waals surface area contributed by atoms with Crippen LogP contribution in [0, 0.1) is 12.8 Å². The first-order valence-corrected chi connectivity index (χ1v) is 10.1. The highest BCUT2D eigenvalue weighted by Gasteiger charge is 2.29. The van der Waals surface area contributed by atoms with E-state index < -0.39 is 9.84 Å². The number of rotatable bonds is 4. The van der Waals surface area contributed by atoms with E-state index in [9.17, 15) is 13.2 Å². The van der Waals surface area contributed by atoms with Crippen molar-refractivity contribution in [3.8, 4) is 0 Å². The number of aromatic nitrogens is 1. The molecule has 3 rings (SSSR count). The van der Waals surface area contributed by atoms with Crippen molar-refractivity contribution in [3.05, 3.63) is 40.5 Å². The zero-order valence-corrected chi connectivity index (χ0v) is 15.3. The Balaban J connectivity index is 1.64. The van der Waals surface area contributed by atoms with E-state index in [1.165, 1.54) is 6.21 Å². The molecule has 1 aromatic carbocycles. The lowest BCUT2D eigenvalue weighted by Crippen LogP contribution is -2.21. The molecule has 1 atom stereocenters. The molecule has 6 nitrogen and oxygen atoms in total. The number of halogens is 1. The Hall–Kier alpha value is -1.99.